The second-order valence-electron chi connectivity index (χ2n) is 2.84. The van der Waals surface area contributed by atoms with E-state index in [2.05, 4.69) is 15.9 Å². The third kappa shape index (κ3) is 2.55. The molecule has 16 heavy (non-hydrogen) atoms. The second kappa shape index (κ2) is 4.71. The summed E-state index contributed by atoms with van der Waals surface area (Å²) in [7, 11) is 0. The number of rotatable bonds is 2. The summed E-state index contributed by atoms with van der Waals surface area (Å²) in [6, 6.07) is 1.55. The molecule has 0 aliphatic heterocycles. The molecule has 0 amide bonds. The number of alkyl halides is 4. The largest absolute Gasteiger partial charge is 0.420 e. The molecule has 0 aromatic heterocycles. The van der Waals surface area contributed by atoms with Crippen molar-refractivity contribution >= 4 is 33.3 Å². The van der Waals surface area contributed by atoms with Gasteiger partial charge in [0.2, 0.25) is 0 Å². The molecule has 0 heterocycles. The molecule has 0 aliphatic carbocycles. The molecule has 0 bridgehead atoms. The number of carbonyl (C=O) groups is 1. The van der Waals surface area contributed by atoms with E-state index >= 15 is 0 Å². The minimum Gasteiger partial charge on any atom is -0.293 e. The summed E-state index contributed by atoms with van der Waals surface area (Å²) >= 11 is 7.79. The van der Waals surface area contributed by atoms with E-state index in [4.69, 9.17) is 11.6 Å². The van der Waals surface area contributed by atoms with Crippen molar-refractivity contribution in [2.75, 3.05) is 5.88 Å². The molecule has 1 aromatic carbocycles. The predicted molar refractivity (Wildman–Crippen MR) is 54.2 cm³/mol. The van der Waals surface area contributed by atoms with Gasteiger partial charge in [-0.2, -0.15) is 13.2 Å². The standard InChI is InChI=1S/C9H4BrClF4O/c10-8-4(6(16)3-11)1-2-5(12)7(8)9(13,14)15/h1-2H,3H2. The van der Waals surface area contributed by atoms with E-state index in [1.54, 1.807) is 0 Å². The lowest BCUT2D eigenvalue weighted by Gasteiger charge is -2.12. The van der Waals surface area contributed by atoms with Gasteiger partial charge in [-0.25, -0.2) is 4.39 Å². The number of hydrogen-bond donors (Lipinski definition) is 0. The zero-order chi connectivity index (χ0) is 12.5. The van der Waals surface area contributed by atoms with Crippen LogP contribution in [0.15, 0.2) is 16.6 Å². The van der Waals surface area contributed by atoms with Crippen molar-refractivity contribution in [3.8, 4) is 0 Å². The average molecular weight is 319 g/mol. The first-order chi connectivity index (χ1) is 7.29. The van der Waals surface area contributed by atoms with Gasteiger partial charge in [-0.3, -0.25) is 4.79 Å². The van der Waals surface area contributed by atoms with Gasteiger partial charge in [0.15, 0.2) is 5.78 Å². The highest BCUT2D eigenvalue weighted by Crippen LogP contribution is 2.38. The van der Waals surface area contributed by atoms with Crippen molar-refractivity contribution in [3.63, 3.8) is 0 Å². The van der Waals surface area contributed by atoms with E-state index < -0.39 is 33.7 Å². The molecule has 7 heteroatoms. The van der Waals surface area contributed by atoms with Crippen LogP contribution in [0.5, 0.6) is 0 Å². The number of Topliss-reactive ketones (excluding diaryl/α,β-unsaturated/α-hetero) is 1. The van der Waals surface area contributed by atoms with Gasteiger partial charge in [0.1, 0.15) is 11.4 Å². The monoisotopic (exact) mass is 318 g/mol. The molecule has 1 aromatic rings. The smallest absolute Gasteiger partial charge is 0.293 e. The van der Waals surface area contributed by atoms with Crippen LogP contribution in [-0.2, 0) is 6.18 Å². The topological polar surface area (TPSA) is 17.1 Å². The van der Waals surface area contributed by atoms with Crippen LogP contribution in [0.1, 0.15) is 15.9 Å². The van der Waals surface area contributed by atoms with Gasteiger partial charge < -0.3 is 0 Å². The van der Waals surface area contributed by atoms with Crippen LogP contribution in [0.4, 0.5) is 17.6 Å². The molecule has 0 radical (unpaired) electrons. The zero-order valence-corrected chi connectivity index (χ0v) is 9.88. The van der Waals surface area contributed by atoms with Crippen molar-refractivity contribution in [2.45, 2.75) is 6.18 Å². The van der Waals surface area contributed by atoms with Crippen LogP contribution in [0, 0.1) is 5.82 Å². The molecule has 0 atom stereocenters. The first-order valence-electron chi connectivity index (χ1n) is 3.93. The quantitative estimate of drug-likeness (QED) is 0.457. The lowest BCUT2D eigenvalue weighted by Crippen LogP contribution is -2.13. The molecular formula is C9H4BrClF4O. The van der Waals surface area contributed by atoms with Gasteiger partial charge in [-0.15, -0.1) is 11.6 Å². The highest BCUT2D eigenvalue weighted by atomic mass is 79.9. The van der Waals surface area contributed by atoms with E-state index in [1.165, 1.54) is 0 Å². The summed E-state index contributed by atoms with van der Waals surface area (Å²) in [6.45, 7) is 0. The van der Waals surface area contributed by atoms with Crippen molar-refractivity contribution in [1.82, 2.24) is 0 Å². The van der Waals surface area contributed by atoms with Crippen LogP contribution >= 0.6 is 27.5 Å². The van der Waals surface area contributed by atoms with Gasteiger partial charge in [-0.05, 0) is 28.1 Å². The molecule has 0 aliphatic rings. The predicted octanol–water partition coefficient (Wildman–Crippen LogP) is 4.03. The molecule has 0 saturated heterocycles. The first kappa shape index (κ1) is 13.4. The fourth-order valence-electron chi connectivity index (χ4n) is 1.10. The van der Waals surface area contributed by atoms with E-state index in [0.29, 0.717) is 6.07 Å². The Labute approximate surface area is 102 Å². The molecular weight excluding hydrogens is 315 g/mol. The Morgan fingerprint density at radius 3 is 2.38 bits per heavy atom. The summed E-state index contributed by atoms with van der Waals surface area (Å²) in [4.78, 5) is 11.2. The van der Waals surface area contributed by atoms with Gasteiger partial charge in [-0.1, -0.05) is 0 Å². The summed E-state index contributed by atoms with van der Waals surface area (Å²) in [5.41, 5.74) is -1.79. The van der Waals surface area contributed by atoms with Crippen LogP contribution in [-0.4, -0.2) is 11.7 Å². The SMILES string of the molecule is O=C(CCl)c1ccc(F)c(C(F)(F)F)c1Br. The highest BCUT2D eigenvalue weighted by molar-refractivity contribution is 9.10. The molecule has 1 rings (SSSR count). The minimum absolute atomic E-state index is 0.288. The Kier molecular flexibility index (Phi) is 3.96. The lowest BCUT2D eigenvalue weighted by atomic mass is 10.1. The molecule has 0 fully saturated rings. The Hall–Kier alpha value is -0.620. The summed E-state index contributed by atoms with van der Waals surface area (Å²) in [6.07, 6.45) is -4.87. The van der Waals surface area contributed by atoms with Crippen LogP contribution in [0.2, 0.25) is 0 Å². The highest BCUT2D eigenvalue weighted by Gasteiger charge is 2.37. The summed E-state index contributed by atoms with van der Waals surface area (Å²) < 4.78 is 49.7. The van der Waals surface area contributed by atoms with Gasteiger partial charge >= 0.3 is 6.18 Å². The fraction of sp³-hybridized carbons (Fsp3) is 0.222. The molecule has 88 valence electrons. The molecule has 0 saturated carbocycles. The number of halogens is 6. The normalized spacial score (nSPS) is 11.6. The van der Waals surface area contributed by atoms with Gasteiger partial charge in [0.05, 0.1) is 5.88 Å². The maximum atomic E-state index is 13.0. The molecule has 0 unspecified atom stereocenters. The van der Waals surface area contributed by atoms with Crippen LogP contribution in [0.25, 0.3) is 0 Å². The second-order valence-corrected chi connectivity index (χ2v) is 3.90. The summed E-state index contributed by atoms with van der Waals surface area (Å²) in [5, 5.41) is 0. The minimum atomic E-state index is -4.87. The Morgan fingerprint density at radius 2 is 1.94 bits per heavy atom. The molecule has 0 N–H and O–H groups in total. The van der Waals surface area contributed by atoms with Crippen molar-refractivity contribution in [1.29, 1.82) is 0 Å². The average Bonchev–Trinajstić information content (AvgIpc) is 2.14. The van der Waals surface area contributed by atoms with Gasteiger partial charge in [0.25, 0.3) is 0 Å². The van der Waals surface area contributed by atoms with Gasteiger partial charge in [0, 0.05) is 10.0 Å². The third-order valence-electron chi connectivity index (χ3n) is 1.80. The van der Waals surface area contributed by atoms with E-state index in [0.717, 1.165) is 6.07 Å². The number of ketones is 1. The lowest BCUT2D eigenvalue weighted by molar-refractivity contribution is -0.140. The Bertz CT molecular complexity index is 430. The maximum Gasteiger partial charge on any atom is 0.420 e. The van der Waals surface area contributed by atoms with E-state index in [1.807, 2.05) is 0 Å². The maximum absolute atomic E-state index is 13.0. The van der Waals surface area contributed by atoms with Crippen LogP contribution in [0.3, 0.4) is 0 Å². The Morgan fingerprint density at radius 1 is 1.38 bits per heavy atom. The van der Waals surface area contributed by atoms with Crippen molar-refractivity contribution in [3.05, 3.63) is 33.5 Å². The van der Waals surface area contributed by atoms with Crippen molar-refractivity contribution in [2.24, 2.45) is 0 Å². The summed E-state index contributed by atoms with van der Waals surface area (Å²) in [5.74, 6) is -2.62. The molecule has 0 spiro atoms. The number of benzene rings is 1. The van der Waals surface area contributed by atoms with E-state index in [-0.39, 0.29) is 5.56 Å². The van der Waals surface area contributed by atoms with Crippen LogP contribution < -0.4 is 0 Å². The van der Waals surface area contributed by atoms with Crippen molar-refractivity contribution < 1.29 is 22.4 Å². The zero-order valence-electron chi connectivity index (χ0n) is 7.54. The fourth-order valence-corrected chi connectivity index (χ4v) is 2.01. The number of carbonyl (C=O) groups excluding carboxylic acids is 1. The molecule has 1 nitrogen and oxygen atoms in total. The van der Waals surface area contributed by atoms with E-state index in [9.17, 15) is 22.4 Å². The Balaban J connectivity index is 3.45. The number of hydrogen-bond acceptors (Lipinski definition) is 1. The third-order valence-corrected chi connectivity index (χ3v) is 2.86. The first-order valence-corrected chi connectivity index (χ1v) is 5.26.